The van der Waals surface area contributed by atoms with Crippen LogP contribution >= 0.6 is 0 Å². The number of hydrogen-bond donors (Lipinski definition) is 2. The van der Waals surface area contributed by atoms with E-state index in [0.29, 0.717) is 35.8 Å². The number of nitrogens with zero attached hydrogens (tertiary/aromatic N) is 4. The molecule has 0 bridgehead atoms. The molecule has 0 radical (unpaired) electrons. The van der Waals surface area contributed by atoms with E-state index in [1.54, 1.807) is 6.08 Å². The maximum atomic E-state index is 13.0. The summed E-state index contributed by atoms with van der Waals surface area (Å²) in [4.78, 5) is 21.2. The van der Waals surface area contributed by atoms with Crippen molar-refractivity contribution in [2.24, 2.45) is 5.92 Å². The van der Waals surface area contributed by atoms with Gasteiger partial charge in [0.05, 0.1) is 29.3 Å². The Labute approximate surface area is 198 Å². The van der Waals surface area contributed by atoms with Crippen LogP contribution in [0.2, 0.25) is 0 Å². The maximum Gasteiger partial charge on any atom is 0.416 e. The van der Waals surface area contributed by atoms with Crippen LogP contribution < -0.4 is 11.1 Å². The molecule has 1 aliphatic carbocycles. The first kappa shape index (κ1) is 23.0. The number of ether oxygens (including phenoxy) is 1. The van der Waals surface area contributed by atoms with Gasteiger partial charge in [0.1, 0.15) is 12.1 Å². The van der Waals surface area contributed by atoms with Gasteiger partial charge in [-0.15, -0.1) is 0 Å². The Bertz CT molecular complexity index is 1340. The molecular formula is C24H23F3N6O2. The van der Waals surface area contributed by atoms with E-state index in [4.69, 9.17) is 15.6 Å². The molecule has 182 valence electrons. The number of carbonyl (C=O) groups is 1. The first-order valence-electron chi connectivity index (χ1n) is 11.2. The Morgan fingerprint density at radius 3 is 2.83 bits per heavy atom. The fourth-order valence-electron chi connectivity index (χ4n) is 4.51. The molecule has 3 heterocycles. The molecule has 35 heavy (non-hydrogen) atoms. The van der Waals surface area contributed by atoms with Crippen LogP contribution in [0.4, 0.5) is 19.0 Å². The number of anilines is 1. The summed E-state index contributed by atoms with van der Waals surface area (Å²) >= 11 is 0. The fraction of sp³-hybridized carbons (Fsp3) is 0.333. The SMILES string of the molecule is CC1C=C(NC(=O)c2cccc(C(F)(F)F)c2)C=CC1c1nn([C@H]2CCOC2)c2ncnc(N)c12. The largest absolute Gasteiger partial charge is 0.416 e. The molecule has 11 heteroatoms. The molecule has 1 aliphatic heterocycles. The molecule has 1 saturated heterocycles. The minimum Gasteiger partial charge on any atom is -0.383 e. The van der Waals surface area contributed by atoms with E-state index in [1.807, 2.05) is 23.8 Å². The molecule has 2 aliphatic rings. The smallest absolute Gasteiger partial charge is 0.383 e. The highest BCUT2D eigenvalue weighted by atomic mass is 19.4. The standard InChI is InChI=1S/C24H23F3N6O2/c1-13-9-16(31-23(34)14-3-2-4-15(10-14)24(25,26)27)5-6-18(13)20-19-21(28)29-12-30-22(19)33(32-20)17-7-8-35-11-17/h2-6,9-10,12-13,17-18H,7-8,11H2,1H3,(H,31,34)(H2,28,29,30)/t13?,17-,18?/m0/s1. The Balaban J connectivity index is 1.40. The van der Waals surface area contributed by atoms with E-state index in [2.05, 4.69) is 15.3 Å². The van der Waals surface area contributed by atoms with Gasteiger partial charge in [-0.25, -0.2) is 14.6 Å². The van der Waals surface area contributed by atoms with E-state index in [-0.39, 0.29) is 23.4 Å². The van der Waals surface area contributed by atoms with Gasteiger partial charge in [-0.1, -0.05) is 25.1 Å². The molecule has 1 amide bonds. The summed E-state index contributed by atoms with van der Waals surface area (Å²) in [6, 6.07) is 4.38. The van der Waals surface area contributed by atoms with Crippen LogP contribution in [0.15, 0.2) is 54.5 Å². The summed E-state index contributed by atoms with van der Waals surface area (Å²) in [7, 11) is 0. The Kier molecular flexibility index (Phi) is 5.79. The second-order valence-electron chi connectivity index (χ2n) is 8.70. The number of alkyl halides is 3. The number of benzene rings is 1. The minimum absolute atomic E-state index is 0.0567. The molecule has 2 aromatic heterocycles. The molecule has 3 aromatic rings. The van der Waals surface area contributed by atoms with Crippen molar-refractivity contribution in [1.29, 1.82) is 0 Å². The van der Waals surface area contributed by atoms with Gasteiger partial charge in [-0.05, 0) is 36.6 Å². The van der Waals surface area contributed by atoms with Gasteiger partial charge >= 0.3 is 6.18 Å². The lowest BCUT2D eigenvalue weighted by atomic mass is 9.85. The highest BCUT2D eigenvalue weighted by Gasteiger charge is 2.32. The second kappa shape index (κ2) is 8.81. The molecule has 1 fully saturated rings. The van der Waals surface area contributed by atoms with Crippen LogP contribution in [0, 0.1) is 5.92 Å². The van der Waals surface area contributed by atoms with E-state index >= 15 is 0 Å². The normalized spacial score (nSPS) is 22.4. The Hall–Kier alpha value is -3.73. The number of fused-ring (bicyclic) bond motifs is 1. The second-order valence-corrected chi connectivity index (χ2v) is 8.70. The van der Waals surface area contributed by atoms with Gasteiger partial charge in [0.2, 0.25) is 0 Å². The molecule has 2 unspecified atom stereocenters. The highest BCUT2D eigenvalue weighted by Crippen LogP contribution is 2.37. The molecule has 3 N–H and O–H groups in total. The lowest BCUT2D eigenvalue weighted by Gasteiger charge is -2.22. The molecule has 5 rings (SSSR count). The number of carbonyl (C=O) groups excluding carboxylic acids is 1. The van der Waals surface area contributed by atoms with E-state index in [0.717, 1.165) is 24.2 Å². The first-order chi connectivity index (χ1) is 16.7. The molecule has 3 atom stereocenters. The topological polar surface area (TPSA) is 108 Å². The average Bonchev–Trinajstić information content (AvgIpc) is 3.47. The quantitative estimate of drug-likeness (QED) is 0.580. The Morgan fingerprint density at radius 2 is 2.11 bits per heavy atom. The summed E-state index contributed by atoms with van der Waals surface area (Å²) < 4.78 is 46.4. The number of allylic oxidation sites excluding steroid dienone is 3. The van der Waals surface area contributed by atoms with Gasteiger partial charge in [-0.3, -0.25) is 4.79 Å². The van der Waals surface area contributed by atoms with Gasteiger partial charge < -0.3 is 15.8 Å². The summed E-state index contributed by atoms with van der Waals surface area (Å²) in [5, 5.41) is 8.23. The molecular weight excluding hydrogens is 461 g/mol. The van der Waals surface area contributed by atoms with Crippen LogP contribution in [-0.2, 0) is 10.9 Å². The Morgan fingerprint density at radius 1 is 1.29 bits per heavy atom. The van der Waals surface area contributed by atoms with E-state index in [9.17, 15) is 18.0 Å². The van der Waals surface area contributed by atoms with Crippen molar-refractivity contribution < 1.29 is 22.7 Å². The molecule has 1 aromatic carbocycles. The molecule has 0 spiro atoms. The van der Waals surface area contributed by atoms with Gasteiger partial charge in [0.25, 0.3) is 5.91 Å². The lowest BCUT2D eigenvalue weighted by molar-refractivity contribution is -0.137. The third-order valence-electron chi connectivity index (χ3n) is 6.31. The number of nitrogen functional groups attached to an aromatic ring is 1. The van der Waals surface area contributed by atoms with Crippen molar-refractivity contribution in [3.05, 3.63) is 71.3 Å². The molecule has 8 nitrogen and oxygen atoms in total. The van der Waals surface area contributed by atoms with E-state index in [1.165, 1.54) is 18.5 Å². The molecule has 0 saturated carbocycles. The van der Waals surface area contributed by atoms with Gasteiger partial charge in [0, 0.05) is 23.8 Å². The monoisotopic (exact) mass is 484 g/mol. The number of aromatic nitrogens is 4. The first-order valence-corrected chi connectivity index (χ1v) is 11.2. The minimum atomic E-state index is -4.52. The van der Waals surface area contributed by atoms with Crippen molar-refractivity contribution in [2.75, 3.05) is 18.9 Å². The fourth-order valence-corrected chi connectivity index (χ4v) is 4.51. The van der Waals surface area contributed by atoms with Crippen molar-refractivity contribution >= 4 is 22.8 Å². The van der Waals surface area contributed by atoms with Gasteiger partial charge in [0.15, 0.2) is 5.65 Å². The average molecular weight is 484 g/mol. The van der Waals surface area contributed by atoms with Crippen LogP contribution in [0.25, 0.3) is 11.0 Å². The lowest BCUT2D eigenvalue weighted by Crippen LogP contribution is -2.25. The van der Waals surface area contributed by atoms with E-state index < -0.39 is 17.6 Å². The van der Waals surface area contributed by atoms with Crippen LogP contribution in [0.5, 0.6) is 0 Å². The zero-order chi connectivity index (χ0) is 24.7. The summed E-state index contributed by atoms with van der Waals surface area (Å²) in [5.41, 5.74) is 7.14. The third-order valence-corrected chi connectivity index (χ3v) is 6.31. The maximum absolute atomic E-state index is 13.0. The number of hydrogen-bond acceptors (Lipinski definition) is 6. The zero-order valence-electron chi connectivity index (χ0n) is 18.8. The van der Waals surface area contributed by atoms with Crippen molar-refractivity contribution in [2.45, 2.75) is 31.5 Å². The highest BCUT2D eigenvalue weighted by molar-refractivity contribution is 5.96. The predicted octanol–water partition coefficient (Wildman–Crippen LogP) is 3.99. The number of halogens is 3. The number of nitrogens with two attached hydrogens (primary N) is 1. The zero-order valence-corrected chi connectivity index (χ0v) is 18.8. The number of nitrogens with one attached hydrogen (secondary N) is 1. The summed E-state index contributed by atoms with van der Waals surface area (Å²) in [5.74, 6) is -0.541. The van der Waals surface area contributed by atoms with Gasteiger partial charge in [-0.2, -0.15) is 18.3 Å². The van der Waals surface area contributed by atoms with Crippen LogP contribution in [0.3, 0.4) is 0 Å². The third kappa shape index (κ3) is 4.39. The van der Waals surface area contributed by atoms with Crippen LogP contribution in [-0.4, -0.2) is 38.9 Å². The van der Waals surface area contributed by atoms with Crippen molar-refractivity contribution in [1.82, 2.24) is 25.1 Å². The summed E-state index contributed by atoms with van der Waals surface area (Å²) in [6.07, 6.45) is 3.18. The predicted molar refractivity (Wildman–Crippen MR) is 122 cm³/mol. The van der Waals surface area contributed by atoms with Crippen molar-refractivity contribution in [3.63, 3.8) is 0 Å². The number of amides is 1. The van der Waals surface area contributed by atoms with Crippen molar-refractivity contribution in [3.8, 4) is 0 Å². The summed E-state index contributed by atoms with van der Waals surface area (Å²) in [6.45, 7) is 3.16. The van der Waals surface area contributed by atoms with Crippen LogP contribution in [0.1, 0.15) is 46.9 Å². The number of rotatable bonds is 4.